The number of hydrogen-bond acceptors (Lipinski definition) is 4. The van der Waals surface area contributed by atoms with Crippen molar-refractivity contribution in [3.05, 3.63) is 6.07 Å². The highest BCUT2D eigenvalue weighted by Gasteiger charge is 2.01. The van der Waals surface area contributed by atoms with Gasteiger partial charge in [0.2, 0.25) is 5.88 Å². The molecule has 0 radical (unpaired) electrons. The van der Waals surface area contributed by atoms with E-state index in [0.29, 0.717) is 0 Å². The summed E-state index contributed by atoms with van der Waals surface area (Å²) in [6.45, 7) is 0. The van der Waals surface area contributed by atoms with Gasteiger partial charge in [0.05, 0.1) is 0 Å². The van der Waals surface area contributed by atoms with Crippen molar-refractivity contribution >= 4 is 5.69 Å². The molecule has 1 aromatic rings. The monoisotopic (exact) mass is 129 g/mol. The van der Waals surface area contributed by atoms with E-state index < -0.39 is 0 Å². The van der Waals surface area contributed by atoms with Crippen LogP contribution in [0.25, 0.3) is 0 Å². The lowest BCUT2D eigenvalue weighted by Crippen LogP contribution is -2.05. The van der Waals surface area contributed by atoms with Crippen molar-refractivity contribution in [3.63, 3.8) is 0 Å². The molecule has 0 atom stereocenters. The topological polar surface area (TPSA) is 94.3 Å². The van der Waals surface area contributed by atoms with Crippen LogP contribution in [0.2, 0.25) is 0 Å². The Morgan fingerprint density at radius 1 is 1.56 bits per heavy atom. The van der Waals surface area contributed by atoms with E-state index in [-0.39, 0.29) is 17.4 Å². The van der Waals surface area contributed by atoms with Crippen molar-refractivity contribution in [2.75, 3.05) is 5.43 Å². The van der Waals surface area contributed by atoms with Gasteiger partial charge in [-0.25, -0.2) is 0 Å². The van der Waals surface area contributed by atoms with Crippen LogP contribution in [0.15, 0.2) is 6.07 Å². The van der Waals surface area contributed by atoms with Crippen LogP contribution < -0.4 is 11.3 Å². The molecular formula is C4H7N3O2. The van der Waals surface area contributed by atoms with Crippen molar-refractivity contribution in [1.82, 2.24) is 4.98 Å². The highest BCUT2D eigenvalue weighted by atomic mass is 16.3. The van der Waals surface area contributed by atoms with E-state index >= 15 is 0 Å². The summed E-state index contributed by atoms with van der Waals surface area (Å²) in [4.78, 5) is 2.23. The molecule has 9 heavy (non-hydrogen) atoms. The van der Waals surface area contributed by atoms with Crippen LogP contribution in [0, 0.1) is 0 Å². The minimum Gasteiger partial charge on any atom is -0.494 e. The van der Waals surface area contributed by atoms with Crippen LogP contribution >= 0.6 is 0 Å². The number of hydrogen-bond donors (Lipinski definition) is 5. The number of H-pyrrole nitrogens is 1. The van der Waals surface area contributed by atoms with E-state index in [2.05, 4.69) is 10.4 Å². The highest BCUT2D eigenvalue weighted by molar-refractivity contribution is 5.54. The zero-order chi connectivity index (χ0) is 6.85. The van der Waals surface area contributed by atoms with Crippen LogP contribution in [0.4, 0.5) is 5.69 Å². The van der Waals surface area contributed by atoms with E-state index in [1.54, 1.807) is 0 Å². The van der Waals surface area contributed by atoms with Crippen molar-refractivity contribution in [2.24, 2.45) is 5.84 Å². The zero-order valence-electron chi connectivity index (χ0n) is 4.55. The number of hydrazine groups is 1. The molecular weight excluding hydrogens is 122 g/mol. The smallest absolute Gasteiger partial charge is 0.216 e. The molecule has 0 aromatic carbocycles. The predicted octanol–water partition coefficient (Wildman–Crippen LogP) is -0.288. The fourth-order valence-electron chi connectivity index (χ4n) is 0.540. The second-order valence-corrected chi connectivity index (χ2v) is 1.56. The summed E-state index contributed by atoms with van der Waals surface area (Å²) >= 11 is 0. The lowest BCUT2D eigenvalue weighted by molar-refractivity contribution is 0.426. The number of nitrogens with one attached hydrogen (secondary N) is 2. The molecule has 50 valence electrons. The van der Waals surface area contributed by atoms with Gasteiger partial charge in [-0.1, -0.05) is 0 Å². The first kappa shape index (κ1) is 5.77. The molecule has 6 N–H and O–H groups in total. The minimum atomic E-state index is -0.171. The summed E-state index contributed by atoms with van der Waals surface area (Å²) in [6.07, 6.45) is 0. The van der Waals surface area contributed by atoms with Gasteiger partial charge in [-0.2, -0.15) is 0 Å². The quantitative estimate of drug-likeness (QED) is 0.266. The van der Waals surface area contributed by atoms with Gasteiger partial charge in [0, 0.05) is 6.07 Å². The summed E-state index contributed by atoms with van der Waals surface area (Å²) in [5, 5.41) is 17.4. The molecule has 0 unspecified atom stereocenters. The van der Waals surface area contributed by atoms with Gasteiger partial charge in [0.1, 0.15) is 5.69 Å². The Bertz CT molecular complexity index is 208. The Kier molecular flexibility index (Phi) is 1.20. The first-order chi connectivity index (χ1) is 4.24. The number of nitrogens with two attached hydrogens (primary N) is 1. The molecule has 0 saturated carbocycles. The predicted molar refractivity (Wildman–Crippen MR) is 31.9 cm³/mol. The summed E-state index contributed by atoms with van der Waals surface area (Å²) < 4.78 is 0. The van der Waals surface area contributed by atoms with Crippen molar-refractivity contribution in [3.8, 4) is 11.8 Å². The van der Waals surface area contributed by atoms with Gasteiger partial charge < -0.3 is 15.6 Å². The third kappa shape index (κ3) is 0.895. The Morgan fingerprint density at radius 3 is 2.44 bits per heavy atom. The first-order valence-corrected chi connectivity index (χ1v) is 2.31. The standard InChI is InChI=1S/C4H7N3O2/c5-7-2-1-3(8)6-4(2)9/h1,6-9H,5H2. The van der Waals surface area contributed by atoms with E-state index in [9.17, 15) is 0 Å². The van der Waals surface area contributed by atoms with Crippen LogP contribution in [0.1, 0.15) is 0 Å². The molecule has 0 aliphatic heterocycles. The van der Waals surface area contributed by atoms with Gasteiger partial charge in [0.15, 0.2) is 5.88 Å². The fraction of sp³-hybridized carbons (Fsp3) is 0. The maximum absolute atomic E-state index is 8.77. The summed E-state index contributed by atoms with van der Waals surface area (Å²) in [7, 11) is 0. The van der Waals surface area contributed by atoms with Crippen LogP contribution in [-0.2, 0) is 0 Å². The molecule has 0 amide bonds. The molecule has 0 saturated heterocycles. The summed E-state index contributed by atoms with van der Waals surface area (Å²) in [5.41, 5.74) is 2.45. The number of nitrogen functional groups attached to an aromatic ring is 1. The lowest BCUT2D eigenvalue weighted by Gasteiger charge is -1.91. The van der Waals surface area contributed by atoms with Crippen molar-refractivity contribution in [2.45, 2.75) is 0 Å². The fourth-order valence-corrected chi connectivity index (χ4v) is 0.540. The zero-order valence-corrected chi connectivity index (χ0v) is 4.55. The van der Waals surface area contributed by atoms with E-state index in [4.69, 9.17) is 16.1 Å². The van der Waals surface area contributed by atoms with E-state index in [1.807, 2.05) is 0 Å². The molecule has 0 spiro atoms. The molecule has 1 aromatic heterocycles. The largest absolute Gasteiger partial charge is 0.494 e. The van der Waals surface area contributed by atoms with E-state index in [0.717, 1.165) is 0 Å². The average Bonchev–Trinajstić information content (AvgIpc) is 2.10. The molecule has 5 heteroatoms. The third-order valence-electron chi connectivity index (χ3n) is 0.938. The lowest BCUT2D eigenvalue weighted by atomic mass is 10.5. The van der Waals surface area contributed by atoms with Crippen LogP contribution in [0.5, 0.6) is 11.8 Å². The number of aromatic nitrogens is 1. The van der Waals surface area contributed by atoms with Crippen LogP contribution in [0.3, 0.4) is 0 Å². The van der Waals surface area contributed by atoms with Gasteiger partial charge in [-0.15, -0.1) is 0 Å². The normalized spacial score (nSPS) is 9.44. The number of aromatic amines is 1. The van der Waals surface area contributed by atoms with E-state index in [1.165, 1.54) is 6.07 Å². The molecule has 1 heterocycles. The van der Waals surface area contributed by atoms with Gasteiger partial charge in [-0.05, 0) is 0 Å². The number of rotatable bonds is 1. The Balaban J connectivity index is 3.01. The van der Waals surface area contributed by atoms with Gasteiger partial charge >= 0.3 is 0 Å². The van der Waals surface area contributed by atoms with Gasteiger partial charge in [0.25, 0.3) is 0 Å². The second kappa shape index (κ2) is 1.87. The molecule has 0 bridgehead atoms. The number of anilines is 1. The maximum atomic E-state index is 8.77. The molecule has 0 fully saturated rings. The first-order valence-electron chi connectivity index (χ1n) is 2.31. The minimum absolute atomic E-state index is 0.125. The molecule has 0 aliphatic rings. The Morgan fingerprint density at radius 2 is 2.22 bits per heavy atom. The van der Waals surface area contributed by atoms with Crippen molar-refractivity contribution in [1.29, 1.82) is 0 Å². The Hall–Kier alpha value is -1.36. The van der Waals surface area contributed by atoms with Crippen molar-refractivity contribution < 1.29 is 10.2 Å². The second-order valence-electron chi connectivity index (χ2n) is 1.56. The SMILES string of the molecule is NNc1cc(O)[nH]c1O. The van der Waals surface area contributed by atoms with Crippen LogP contribution in [-0.4, -0.2) is 15.2 Å². The summed E-state index contributed by atoms with van der Waals surface area (Å²) in [5.74, 6) is 4.63. The highest BCUT2D eigenvalue weighted by Crippen LogP contribution is 2.25. The summed E-state index contributed by atoms with van der Waals surface area (Å²) in [6, 6.07) is 1.27. The number of aromatic hydroxyl groups is 2. The third-order valence-corrected chi connectivity index (χ3v) is 0.938. The maximum Gasteiger partial charge on any atom is 0.216 e. The van der Waals surface area contributed by atoms with Gasteiger partial charge in [-0.3, -0.25) is 10.8 Å². The molecule has 5 nitrogen and oxygen atoms in total. The average molecular weight is 129 g/mol. The molecule has 0 aliphatic carbocycles. The Labute approximate surface area is 51.1 Å². The molecule has 1 rings (SSSR count).